The summed E-state index contributed by atoms with van der Waals surface area (Å²) in [6.07, 6.45) is 0. The van der Waals surface area contributed by atoms with Crippen molar-refractivity contribution >= 4 is 11.8 Å². The summed E-state index contributed by atoms with van der Waals surface area (Å²) in [5.74, 6) is -0.812. The molecule has 0 saturated carbocycles. The second-order valence-electron chi connectivity index (χ2n) is 2.09. The van der Waals surface area contributed by atoms with Crippen molar-refractivity contribution in [2.45, 2.75) is 13.0 Å². The van der Waals surface area contributed by atoms with Crippen molar-refractivity contribution in [1.82, 2.24) is 5.32 Å². The first kappa shape index (κ1) is 8.90. The van der Waals surface area contributed by atoms with Crippen molar-refractivity contribution in [2.75, 3.05) is 6.54 Å². The van der Waals surface area contributed by atoms with Crippen LogP contribution < -0.4 is 16.8 Å². The maximum absolute atomic E-state index is 10.7. The Bertz CT molecular complexity index is 144. The van der Waals surface area contributed by atoms with Crippen molar-refractivity contribution in [3.05, 3.63) is 0 Å². The van der Waals surface area contributed by atoms with Crippen molar-refractivity contribution in [1.29, 1.82) is 0 Å². The van der Waals surface area contributed by atoms with Gasteiger partial charge in [0.05, 0.1) is 6.54 Å². The Hall–Kier alpha value is -1.10. The Kier molecular flexibility index (Phi) is 3.42. The van der Waals surface area contributed by atoms with Crippen LogP contribution in [0.2, 0.25) is 0 Å². The molecule has 0 aliphatic carbocycles. The third-order valence-electron chi connectivity index (χ3n) is 0.884. The molecule has 0 unspecified atom stereocenters. The van der Waals surface area contributed by atoms with Crippen LogP contribution in [0.15, 0.2) is 0 Å². The molecular formula is C5H12N3O2+. The minimum atomic E-state index is -0.547. The van der Waals surface area contributed by atoms with Gasteiger partial charge in [-0.05, 0) is 6.92 Å². The number of primary amides is 1. The van der Waals surface area contributed by atoms with E-state index in [-0.39, 0.29) is 18.5 Å². The Morgan fingerprint density at radius 2 is 2.20 bits per heavy atom. The molecule has 58 valence electrons. The van der Waals surface area contributed by atoms with Gasteiger partial charge in [-0.25, -0.2) is 0 Å². The van der Waals surface area contributed by atoms with E-state index >= 15 is 0 Å². The van der Waals surface area contributed by atoms with Crippen LogP contribution in [0, 0.1) is 0 Å². The molecule has 2 amide bonds. The zero-order valence-corrected chi connectivity index (χ0v) is 5.89. The normalized spacial score (nSPS) is 12.2. The first-order valence-corrected chi connectivity index (χ1v) is 2.93. The van der Waals surface area contributed by atoms with Crippen LogP contribution in [0.5, 0.6) is 0 Å². The number of carbonyl (C=O) groups is 2. The van der Waals surface area contributed by atoms with Gasteiger partial charge in [-0.15, -0.1) is 0 Å². The highest BCUT2D eigenvalue weighted by Gasteiger charge is 2.09. The molecule has 0 radical (unpaired) electrons. The van der Waals surface area contributed by atoms with Crippen molar-refractivity contribution in [3.8, 4) is 0 Å². The molecule has 0 spiro atoms. The molecule has 0 aromatic rings. The van der Waals surface area contributed by atoms with Gasteiger partial charge in [0.15, 0.2) is 6.04 Å². The lowest BCUT2D eigenvalue weighted by molar-refractivity contribution is -0.398. The van der Waals surface area contributed by atoms with E-state index in [0.29, 0.717) is 0 Å². The predicted octanol–water partition coefficient (Wildman–Crippen LogP) is -2.78. The van der Waals surface area contributed by atoms with Crippen LogP contribution in [-0.2, 0) is 9.59 Å². The fraction of sp³-hybridized carbons (Fsp3) is 0.600. The Morgan fingerprint density at radius 3 is 2.50 bits per heavy atom. The van der Waals surface area contributed by atoms with Crippen molar-refractivity contribution in [2.24, 2.45) is 5.73 Å². The summed E-state index contributed by atoms with van der Waals surface area (Å²) in [7, 11) is 0. The maximum atomic E-state index is 10.7. The minimum absolute atomic E-state index is 0.112. The molecule has 0 aliphatic rings. The summed E-state index contributed by atoms with van der Waals surface area (Å²) in [6.45, 7) is 1.52. The molecule has 0 bridgehead atoms. The summed E-state index contributed by atoms with van der Waals surface area (Å²) >= 11 is 0. The second-order valence-corrected chi connectivity index (χ2v) is 2.09. The number of nitrogens with two attached hydrogens (primary N) is 1. The SMILES string of the molecule is C[C@H]([NH3+])C(=O)NCC(N)=O. The number of hydrogen-bond acceptors (Lipinski definition) is 2. The smallest absolute Gasteiger partial charge is 0.278 e. The number of rotatable bonds is 3. The molecule has 0 saturated heterocycles. The highest BCUT2D eigenvalue weighted by molar-refractivity contribution is 5.85. The van der Waals surface area contributed by atoms with Crippen molar-refractivity contribution < 1.29 is 15.3 Å². The number of hydrogen-bond donors (Lipinski definition) is 3. The molecule has 5 nitrogen and oxygen atoms in total. The molecule has 0 fully saturated rings. The standard InChI is InChI=1S/C5H11N3O2/c1-3(6)5(10)8-2-4(7)9/h3H,2,6H2,1H3,(H2,7,9)(H,8,10)/p+1/t3-/m0/s1. The quantitative estimate of drug-likeness (QED) is 0.401. The molecule has 10 heavy (non-hydrogen) atoms. The van der Waals surface area contributed by atoms with E-state index in [1.54, 1.807) is 6.92 Å². The topological polar surface area (TPSA) is 99.8 Å². The summed E-state index contributed by atoms with van der Waals surface area (Å²) in [5.41, 5.74) is 8.22. The van der Waals surface area contributed by atoms with Crippen LogP contribution in [-0.4, -0.2) is 24.4 Å². The van der Waals surface area contributed by atoms with Gasteiger partial charge in [0.1, 0.15) is 0 Å². The van der Waals surface area contributed by atoms with E-state index in [9.17, 15) is 9.59 Å². The largest absolute Gasteiger partial charge is 0.368 e. The molecule has 1 atom stereocenters. The lowest BCUT2D eigenvalue weighted by Gasteiger charge is -2.01. The summed E-state index contributed by atoms with van der Waals surface area (Å²) < 4.78 is 0. The molecule has 0 aromatic heterocycles. The van der Waals surface area contributed by atoms with E-state index in [0.717, 1.165) is 0 Å². The minimum Gasteiger partial charge on any atom is -0.368 e. The first-order chi connectivity index (χ1) is 4.54. The lowest BCUT2D eigenvalue weighted by Crippen LogP contribution is -2.66. The molecule has 0 aliphatic heterocycles. The molecule has 0 heterocycles. The highest BCUT2D eigenvalue weighted by atomic mass is 16.2. The van der Waals surface area contributed by atoms with Gasteiger partial charge in [-0.3, -0.25) is 9.59 Å². The zero-order chi connectivity index (χ0) is 8.15. The Morgan fingerprint density at radius 1 is 1.70 bits per heavy atom. The van der Waals surface area contributed by atoms with Crippen LogP contribution in [0.25, 0.3) is 0 Å². The number of amides is 2. The monoisotopic (exact) mass is 146 g/mol. The van der Waals surface area contributed by atoms with Crippen LogP contribution in [0.1, 0.15) is 6.92 Å². The van der Waals surface area contributed by atoms with E-state index in [2.05, 4.69) is 11.1 Å². The van der Waals surface area contributed by atoms with E-state index in [4.69, 9.17) is 5.73 Å². The predicted molar refractivity (Wildman–Crippen MR) is 34.6 cm³/mol. The van der Waals surface area contributed by atoms with Crippen LogP contribution >= 0.6 is 0 Å². The summed E-state index contributed by atoms with van der Waals surface area (Å²) in [6, 6.07) is -0.348. The van der Waals surface area contributed by atoms with Gasteiger partial charge in [0, 0.05) is 0 Å². The highest BCUT2D eigenvalue weighted by Crippen LogP contribution is 1.69. The number of nitrogens with one attached hydrogen (secondary N) is 1. The molecule has 0 aromatic carbocycles. The third kappa shape index (κ3) is 3.85. The average molecular weight is 146 g/mol. The number of carbonyl (C=O) groups excluding carboxylic acids is 2. The number of quaternary nitrogens is 1. The molecular weight excluding hydrogens is 134 g/mol. The fourth-order valence-corrected chi connectivity index (χ4v) is 0.348. The van der Waals surface area contributed by atoms with E-state index < -0.39 is 5.91 Å². The van der Waals surface area contributed by atoms with Gasteiger partial charge in [0.2, 0.25) is 5.91 Å². The second kappa shape index (κ2) is 3.84. The lowest BCUT2D eigenvalue weighted by atomic mass is 10.3. The van der Waals surface area contributed by atoms with Gasteiger partial charge in [0.25, 0.3) is 5.91 Å². The fourth-order valence-electron chi connectivity index (χ4n) is 0.348. The van der Waals surface area contributed by atoms with E-state index in [1.165, 1.54) is 0 Å². The Balaban J connectivity index is 3.50. The van der Waals surface area contributed by atoms with Crippen LogP contribution in [0.4, 0.5) is 0 Å². The summed E-state index contributed by atoms with van der Waals surface area (Å²) in [4.78, 5) is 20.8. The van der Waals surface area contributed by atoms with Crippen molar-refractivity contribution in [3.63, 3.8) is 0 Å². The molecule has 0 rings (SSSR count). The third-order valence-corrected chi connectivity index (χ3v) is 0.884. The van der Waals surface area contributed by atoms with Crippen LogP contribution in [0.3, 0.4) is 0 Å². The van der Waals surface area contributed by atoms with Gasteiger partial charge in [-0.1, -0.05) is 0 Å². The first-order valence-electron chi connectivity index (χ1n) is 2.93. The van der Waals surface area contributed by atoms with Gasteiger partial charge >= 0.3 is 0 Å². The Labute approximate surface area is 58.8 Å². The maximum Gasteiger partial charge on any atom is 0.278 e. The summed E-state index contributed by atoms with van der Waals surface area (Å²) in [5, 5.41) is 2.31. The molecule has 6 N–H and O–H groups in total. The van der Waals surface area contributed by atoms with Gasteiger partial charge < -0.3 is 16.8 Å². The van der Waals surface area contributed by atoms with E-state index in [1.807, 2.05) is 0 Å². The molecule has 5 heteroatoms. The average Bonchev–Trinajstić information content (AvgIpc) is 1.82. The van der Waals surface area contributed by atoms with Gasteiger partial charge in [-0.2, -0.15) is 0 Å². The zero-order valence-electron chi connectivity index (χ0n) is 5.89.